The molecule has 0 aliphatic carbocycles. The average molecular weight is 525 g/mol. The summed E-state index contributed by atoms with van der Waals surface area (Å²) in [7, 11) is 2.91. The number of aromatic nitrogens is 2. The van der Waals surface area contributed by atoms with Crippen LogP contribution in [0.25, 0.3) is 10.9 Å². The van der Waals surface area contributed by atoms with E-state index in [1.54, 1.807) is 24.3 Å². The quantitative estimate of drug-likeness (QED) is 0.352. The molecule has 0 saturated heterocycles. The van der Waals surface area contributed by atoms with E-state index < -0.39 is 11.2 Å². The summed E-state index contributed by atoms with van der Waals surface area (Å²) >= 11 is 0. The molecule has 3 aromatic rings. The summed E-state index contributed by atoms with van der Waals surface area (Å²) < 4.78 is 13.1. The lowest BCUT2D eigenvalue weighted by Crippen LogP contribution is -2.43. The van der Waals surface area contributed by atoms with E-state index in [2.05, 4.69) is 17.6 Å². The first-order chi connectivity index (χ1) is 18.2. The summed E-state index contributed by atoms with van der Waals surface area (Å²) in [5, 5.41) is 5.88. The molecule has 38 heavy (non-hydrogen) atoms. The van der Waals surface area contributed by atoms with Crippen LogP contribution in [0.5, 0.6) is 11.5 Å². The second kappa shape index (κ2) is 12.9. The predicted octanol–water partition coefficient (Wildman–Crippen LogP) is 2.67. The minimum Gasteiger partial charge on any atom is -0.493 e. The zero-order chi connectivity index (χ0) is 27.8. The SMILES string of the molecule is CCCCCNC(=O)c1ccc(Cn2c(=O)c3cc(OC)c(OC)cc3n(CC(=O)NC(C)C)c2=O)cc1. The van der Waals surface area contributed by atoms with Crippen LogP contribution in [-0.4, -0.2) is 47.8 Å². The second-order valence-electron chi connectivity index (χ2n) is 9.37. The Morgan fingerprint density at radius 2 is 1.61 bits per heavy atom. The average Bonchev–Trinajstić information content (AvgIpc) is 2.90. The van der Waals surface area contributed by atoms with Crippen LogP contribution in [0, 0.1) is 0 Å². The van der Waals surface area contributed by atoms with Crippen molar-refractivity contribution < 1.29 is 19.1 Å². The first-order valence-electron chi connectivity index (χ1n) is 12.8. The molecule has 0 saturated carbocycles. The zero-order valence-corrected chi connectivity index (χ0v) is 22.6. The van der Waals surface area contributed by atoms with Gasteiger partial charge < -0.3 is 20.1 Å². The maximum atomic E-state index is 13.5. The van der Waals surface area contributed by atoms with Gasteiger partial charge in [-0.15, -0.1) is 0 Å². The van der Waals surface area contributed by atoms with E-state index >= 15 is 0 Å². The molecule has 0 atom stereocenters. The fraction of sp³-hybridized carbons (Fsp3) is 0.429. The largest absolute Gasteiger partial charge is 0.493 e. The Kier molecular flexibility index (Phi) is 9.70. The van der Waals surface area contributed by atoms with Gasteiger partial charge in [-0.2, -0.15) is 0 Å². The molecule has 0 unspecified atom stereocenters. The number of ether oxygens (including phenoxy) is 2. The second-order valence-corrected chi connectivity index (χ2v) is 9.37. The number of nitrogens with one attached hydrogen (secondary N) is 2. The van der Waals surface area contributed by atoms with Crippen molar-refractivity contribution >= 4 is 22.7 Å². The fourth-order valence-corrected chi connectivity index (χ4v) is 4.17. The molecule has 204 valence electrons. The van der Waals surface area contributed by atoms with Crippen molar-refractivity contribution in [3.05, 3.63) is 68.4 Å². The standard InChI is InChI=1S/C28H36N4O6/c1-6-7-8-13-29-26(34)20-11-9-19(10-12-20)16-32-27(35)21-14-23(37-4)24(38-5)15-22(21)31(28(32)36)17-25(33)30-18(2)3/h9-12,14-15,18H,6-8,13,16-17H2,1-5H3,(H,29,34)(H,30,33). The summed E-state index contributed by atoms with van der Waals surface area (Å²) in [6.45, 7) is 6.04. The fourth-order valence-electron chi connectivity index (χ4n) is 4.17. The van der Waals surface area contributed by atoms with Gasteiger partial charge >= 0.3 is 5.69 Å². The molecule has 1 aromatic heterocycles. The van der Waals surface area contributed by atoms with Gasteiger partial charge in [0.25, 0.3) is 11.5 Å². The number of hydrogen-bond acceptors (Lipinski definition) is 6. The van der Waals surface area contributed by atoms with Crippen molar-refractivity contribution in [2.75, 3.05) is 20.8 Å². The van der Waals surface area contributed by atoms with Crippen LogP contribution in [0.4, 0.5) is 0 Å². The number of unbranched alkanes of at least 4 members (excludes halogenated alkanes) is 2. The maximum absolute atomic E-state index is 13.5. The molecule has 2 N–H and O–H groups in total. The van der Waals surface area contributed by atoms with E-state index in [-0.39, 0.29) is 41.8 Å². The van der Waals surface area contributed by atoms with Gasteiger partial charge in [-0.1, -0.05) is 31.9 Å². The lowest BCUT2D eigenvalue weighted by molar-refractivity contribution is -0.122. The number of amides is 2. The molecular weight excluding hydrogens is 488 g/mol. The molecule has 3 rings (SSSR count). The maximum Gasteiger partial charge on any atom is 0.332 e. The van der Waals surface area contributed by atoms with E-state index in [0.717, 1.165) is 23.8 Å². The van der Waals surface area contributed by atoms with Crippen molar-refractivity contribution in [1.29, 1.82) is 0 Å². The number of carbonyl (C=O) groups is 2. The van der Waals surface area contributed by atoms with Gasteiger partial charge in [0.2, 0.25) is 5.91 Å². The first kappa shape index (κ1) is 28.5. The number of methoxy groups -OCH3 is 2. The van der Waals surface area contributed by atoms with Gasteiger partial charge in [0.1, 0.15) is 6.54 Å². The number of fused-ring (bicyclic) bond motifs is 1. The Balaban J connectivity index is 2.01. The Hall–Kier alpha value is -4.08. The molecule has 0 aliphatic heterocycles. The van der Waals surface area contributed by atoms with Crippen molar-refractivity contribution in [1.82, 2.24) is 19.8 Å². The number of rotatable bonds is 12. The van der Waals surface area contributed by atoms with Crippen molar-refractivity contribution in [2.24, 2.45) is 0 Å². The molecule has 2 aromatic carbocycles. The van der Waals surface area contributed by atoms with Crippen LogP contribution in [0.15, 0.2) is 46.0 Å². The number of carbonyl (C=O) groups excluding carboxylic acids is 2. The van der Waals surface area contributed by atoms with E-state index in [4.69, 9.17) is 9.47 Å². The van der Waals surface area contributed by atoms with Crippen molar-refractivity contribution in [3.8, 4) is 11.5 Å². The summed E-state index contributed by atoms with van der Waals surface area (Å²) in [5.41, 5.74) is 0.263. The van der Waals surface area contributed by atoms with E-state index in [0.29, 0.717) is 29.2 Å². The van der Waals surface area contributed by atoms with Gasteiger partial charge in [-0.25, -0.2) is 4.79 Å². The highest BCUT2D eigenvalue weighted by molar-refractivity contribution is 5.94. The molecule has 2 amide bonds. The topological polar surface area (TPSA) is 121 Å². The van der Waals surface area contributed by atoms with Crippen LogP contribution in [-0.2, 0) is 17.9 Å². The summed E-state index contributed by atoms with van der Waals surface area (Å²) in [4.78, 5) is 52.0. The number of nitrogens with zero attached hydrogens (tertiary/aromatic N) is 2. The van der Waals surface area contributed by atoms with Gasteiger partial charge in [0.05, 0.1) is 31.7 Å². The van der Waals surface area contributed by atoms with E-state index in [1.165, 1.54) is 30.9 Å². The molecular formula is C28H36N4O6. The van der Waals surface area contributed by atoms with Crippen molar-refractivity contribution in [3.63, 3.8) is 0 Å². The lowest BCUT2D eigenvalue weighted by Gasteiger charge is -2.17. The van der Waals surface area contributed by atoms with Gasteiger partial charge in [-0.3, -0.25) is 23.5 Å². The highest BCUT2D eigenvalue weighted by Gasteiger charge is 2.19. The van der Waals surface area contributed by atoms with Crippen LogP contribution in [0.3, 0.4) is 0 Å². The smallest absolute Gasteiger partial charge is 0.332 e. The molecule has 10 nitrogen and oxygen atoms in total. The van der Waals surface area contributed by atoms with Crippen LogP contribution in [0.1, 0.15) is 56.0 Å². The van der Waals surface area contributed by atoms with E-state index in [1.807, 2.05) is 13.8 Å². The highest BCUT2D eigenvalue weighted by atomic mass is 16.5. The van der Waals surface area contributed by atoms with E-state index in [9.17, 15) is 19.2 Å². The minimum atomic E-state index is -0.633. The van der Waals surface area contributed by atoms with Crippen molar-refractivity contribution in [2.45, 2.75) is 59.2 Å². The third-order valence-electron chi connectivity index (χ3n) is 6.10. The molecule has 0 aliphatic rings. The Morgan fingerprint density at radius 1 is 0.947 bits per heavy atom. The molecule has 0 bridgehead atoms. The lowest BCUT2D eigenvalue weighted by atomic mass is 10.1. The van der Waals surface area contributed by atoms with Gasteiger partial charge in [0.15, 0.2) is 11.5 Å². The minimum absolute atomic E-state index is 0.0356. The number of benzene rings is 2. The monoisotopic (exact) mass is 524 g/mol. The molecule has 0 radical (unpaired) electrons. The predicted molar refractivity (Wildman–Crippen MR) is 146 cm³/mol. The van der Waals surface area contributed by atoms with Gasteiger partial charge in [0, 0.05) is 24.2 Å². The Labute approximate surface area is 221 Å². The normalized spacial score (nSPS) is 11.0. The van der Waals surface area contributed by atoms with Gasteiger partial charge in [-0.05, 0) is 44.0 Å². The molecule has 0 fully saturated rings. The summed E-state index contributed by atoms with van der Waals surface area (Å²) in [6.07, 6.45) is 3.04. The molecule has 1 heterocycles. The Bertz CT molecular complexity index is 1410. The number of hydrogen-bond donors (Lipinski definition) is 2. The van der Waals surface area contributed by atoms with Crippen LogP contribution < -0.4 is 31.4 Å². The molecule has 10 heteroatoms. The Morgan fingerprint density at radius 3 is 2.21 bits per heavy atom. The summed E-state index contributed by atoms with van der Waals surface area (Å²) in [5.74, 6) is 0.126. The highest BCUT2D eigenvalue weighted by Crippen LogP contribution is 2.30. The zero-order valence-electron chi connectivity index (χ0n) is 22.6. The third-order valence-corrected chi connectivity index (χ3v) is 6.10. The molecule has 0 spiro atoms. The summed E-state index contributed by atoms with van der Waals surface area (Å²) in [6, 6.07) is 9.67. The first-order valence-corrected chi connectivity index (χ1v) is 12.8. The van der Waals surface area contributed by atoms with Crippen LogP contribution in [0.2, 0.25) is 0 Å². The van der Waals surface area contributed by atoms with Crippen LogP contribution >= 0.6 is 0 Å². The third kappa shape index (κ3) is 6.62.